The summed E-state index contributed by atoms with van der Waals surface area (Å²) in [4.78, 5) is 0. The van der Waals surface area contributed by atoms with E-state index in [9.17, 15) is 0 Å². The molecule has 0 heterocycles. The zero-order valence-electron chi connectivity index (χ0n) is 12.5. The van der Waals surface area contributed by atoms with Crippen molar-refractivity contribution < 1.29 is 0 Å². The molecule has 0 atom stereocenters. The topological polar surface area (TPSA) is 0 Å². The fourth-order valence-electron chi connectivity index (χ4n) is 1.62. The molecule has 0 bridgehead atoms. The molecular weight excluding hydrogens is 216 g/mol. The highest BCUT2D eigenvalue weighted by atomic mass is 14.2. The van der Waals surface area contributed by atoms with Gasteiger partial charge in [0.25, 0.3) is 0 Å². The van der Waals surface area contributed by atoms with Crippen molar-refractivity contribution in [2.75, 3.05) is 0 Å². The summed E-state index contributed by atoms with van der Waals surface area (Å²) in [7, 11) is 0. The van der Waals surface area contributed by atoms with E-state index in [0.29, 0.717) is 0 Å². The quantitative estimate of drug-likeness (QED) is 0.571. The first-order valence-corrected chi connectivity index (χ1v) is 6.49. The van der Waals surface area contributed by atoms with Gasteiger partial charge in [0.1, 0.15) is 0 Å². The lowest BCUT2D eigenvalue weighted by Gasteiger charge is -2.20. The summed E-state index contributed by atoms with van der Waals surface area (Å²) in [5.74, 6) is 0. The van der Waals surface area contributed by atoms with Crippen LogP contribution in [0.5, 0.6) is 0 Å². The second-order valence-corrected chi connectivity index (χ2v) is 6.77. The molecule has 1 rings (SSSR count). The standard InChI is InChI=1S/C18H24/c1-17(2,3)14-10-13-16(18(4,5)6)15-11-8-7-9-12-15/h7-9,11-12,14H,1-6H3. The Balaban J connectivity index is 3.34. The van der Waals surface area contributed by atoms with Gasteiger partial charge in [-0.05, 0) is 22.5 Å². The SMILES string of the molecule is CC(C)(C)C=C=C=C(c1ccccc1)C(C)(C)C. The van der Waals surface area contributed by atoms with E-state index in [0.717, 1.165) is 0 Å². The molecule has 0 fully saturated rings. The van der Waals surface area contributed by atoms with Gasteiger partial charge in [0.05, 0.1) is 0 Å². The van der Waals surface area contributed by atoms with Crippen LogP contribution in [-0.2, 0) is 0 Å². The fraction of sp³-hybridized carbons (Fsp3) is 0.444. The molecule has 0 N–H and O–H groups in total. The van der Waals surface area contributed by atoms with Gasteiger partial charge < -0.3 is 0 Å². The third-order valence-electron chi connectivity index (χ3n) is 2.51. The molecule has 0 aliphatic heterocycles. The van der Waals surface area contributed by atoms with Crippen LogP contribution in [0.2, 0.25) is 0 Å². The highest BCUT2D eigenvalue weighted by Crippen LogP contribution is 2.32. The van der Waals surface area contributed by atoms with Crippen LogP contribution >= 0.6 is 0 Å². The summed E-state index contributed by atoms with van der Waals surface area (Å²) < 4.78 is 0. The third kappa shape index (κ3) is 4.80. The molecule has 18 heavy (non-hydrogen) atoms. The van der Waals surface area contributed by atoms with E-state index in [-0.39, 0.29) is 10.8 Å². The number of hydrogen-bond donors (Lipinski definition) is 0. The van der Waals surface area contributed by atoms with Crippen molar-refractivity contribution in [3.05, 3.63) is 53.4 Å². The van der Waals surface area contributed by atoms with E-state index in [4.69, 9.17) is 0 Å². The Bertz CT molecular complexity index is 477. The van der Waals surface area contributed by atoms with E-state index in [1.807, 2.05) is 6.07 Å². The molecule has 0 aliphatic carbocycles. The minimum atomic E-state index is 0.0695. The van der Waals surface area contributed by atoms with Crippen molar-refractivity contribution in [3.63, 3.8) is 0 Å². The van der Waals surface area contributed by atoms with Gasteiger partial charge in [-0.3, -0.25) is 0 Å². The maximum Gasteiger partial charge on any atom is 0.0150 e. The molecule has 0 amide bonds. The number of benzene rings is 1. The lowest BCUT2D eigenvalue weighted by molar-refractivity contribution is 0.545. The van der Waals surface area contributed by atoms with Crippen molar-refractivity contribution >= 4 is 5.57 Å². The van der Waals surface area contributed by atoms with E-state index in [2.05, 4.69) is 83.3 Å². The minimum Gasteiger partial charge on any atom is -0.0737 e. The third-order valence-corrected chi connectivity index (χ3v) is 2.51. The van der Waals surface area contributed by atoms with Crippen LogP contribution in [0.4, 0.5) is 0 Å². The Kier molecular flexibility index (Phi) is 4.41. The van der Waals surface area contributed by atoms with E-state index >= 15 is 0 Å². The first-order chi connectivity index (χ1) is 8.20. The normalized spacial score (nSPS) is 11.4. The molecule has 0 saturated carbocycles. The van der Waals surface area contributed by atoms with Crippen molar-refractivity contribution in [3.8, 4) is 0 Å². The summed E-state index contributed by atoms with van der Waals surface area (Å²) in [5.41, 5.74) is 9.20. The van der Waals surface area contributed by atoms with E-state index < -0.39 is 0 Å². The first-order valence-electron chi connectivity index (χ1n) is 6.49. The summed E-state index contributed by atoms with van der Waals surface area (Å²) in [6, 6.07) is 10.4. The molecule has 1 aromatic rings. The smallest absolute Gasteiger partial charge is 0.0150 e. The van der Waals surface area contributed by atoms with E-state index in [1.165, 1.54) is 11.1 Å². The van der Waals surface area contributed by atoms with Gasteiger partial charge in [-0.1, -0.05) is 83.3 Å². The van der Waals surface area contributed by atoms with Gasteiger partial charge in [-0.25, -0.2) is 0 Å². The van der Waals surface area contributed by atoms with E-state index in [1.54, 1.807) is 0 Å². The predicted octanol–water partition coefficient (Wildman–Crippen LogP) is 5.47. The van der Waals surface area contributed by atoms with Gasteiger partial charge >= 0.3 is 0 Å². The molecule has 96 valence electrons. The van der Waals surface area contributed by atoms with Crippen LogP contribution < -0.4 is 0 Å². The molecule has 0 spiro atoms. The van der Waals surface area contributed by atoms with Crippen LogP contribution in [0.1, 0.15) is 47.1 Å². The van der Waals surface area contributed by atoms with Gasteiger partial charge in [0, 0.05) is 5.57 Å². The zero-order chi connectivity index (χ0) is 13.8. The Labute approximate surface area is 112 Å². The summed E-state index contributed by atoms with van der Waals surface area (Å²) >= 11 is 0. The summed E-state index contributed by atoms with van der Waals surface area (Å²) in [6.07, 6.45) is 2.07. The maximum absolute atomic E-state index is 3.34. The Morgan fingerprint density at radius 1 is 0.944 bits per heavy atom. The van der Waals surface area contributed by atoms with Crippen LogP contribution in [0, 0.1) is 10.8 Å². The Hall–Kier alpha value is -1.48. The van der Waals surface area contributed by atoms with Gasteiger partial charge in [-0.2, -0.15) is 0 Å². The van der Waals surface area contributed by atoms with Crippen molar-refractivity contribution in [2.45, 2.75) is 41.5 Å². The highest BCUT2D eigenvalue weighted by molar-refractivity contribution is 5.68. The van der Waals surface area contributed by atoms with Gasteiger partial charge in [0.15, 0.2) is 0 Å². The predicted molar refractivity (Wildman–Crippen MR) is 80.4 cm³/mol. The van der Waals surface area contributed by atoms with Crippen LogP contribution in [0.3, 0.4) is 0 Å². The van der Waals surface area contributed by atoms with Crippen molar-refractivity contribution in [1.29, 1.82) is 0 Å². The number of allylic oxidation sites excluding steroid dienone is 2. The molecule has 0 radical (unpaired) electrons. The second-order valence-electron chi connectivity index (χ2n) is 6.77. The molecule has 0 unspecified atom stereocenters. The summed E-state index contributed by atoms with van der Waals surface area (Å²) in [5, 5.41) is 0. The average Bonchev–Trinajstić information content (AvgIpc) is 2.22. The molecule has 0 saturated heterocycles. The molecule has 0 heteroatoms. The lowest BCUT2D eigenvalue weighted by atomic mass is 9.82. The average molecular weight is 240 g/mol. The number of rotatable bonds is 1. The lowest BCUT2D eigenvalue weighted by Crippen LogP contribution is -2.07. The zero-order valence-corrected chi connectivity index (χ0v) is 12.5. The minimum absolute atomic E-state index is 0.0695. The highest BCUT2D eigenvalue weighted by Gasteiger charge is 2.18. The number of hydrogen-bond acceptors (Lipinski definition) is 0. The monoisotopic (exact) mass is 240 g/mol. The molecule has 0 aliphatic rings. The molecule has 1 aromatic carbocycles. The fourth-order valence-corrected chi connectivity index (χ4v) is 1.62. The summed E-state index contributed by atoms with van der Waals surface area (Å²) in [6.45, 7) is 13.1. The van der Waals surface area contributed by atoms with Crippen molar-refractivity contribution in [2.24, 2.45) is 10.8 Å². The molecule has 0 aromatic heterocycles. The second kappa shape index (κ2) is 5.44. The molecular formula is C18H24. The Morgan fingerprint density at radius 3 is 1.94 bits per heavy atom. The van der Waals surface area contributed by atoms with Gasteiger partial charge in [0.2, 0.25) is 0 Å². The van der Waals surface area contributed by atoms with Crippen molar-refractivity contribution in [1.82, 2.24) is 0 Å². The van der Waals surface area contributed by atoms with Crippen LogP contribution in [-0.4, -0.2) is 0 Å². The maximum atomic E-state index is 3.34. The van der Waals surface area contributed by atoms with Crippen LogP contribution in [0.25, 0.3) is 5.57 Å². The largest absolute Gasteiger partial charge is 0.0737 e. The molecule has 0 nitrogen and oxygen atoms in total. The van der Waals surface area contributed by atoms with Gasteiger partial charge in [-0.15, -0.1) is 0 Å². The first kappa shape index (κ1) is 14.6. The van der Waals surface area contributed by atoms with Crippen LogP contribution in [0.15, 0.2) is 47.9 Å². The Morgan fingerprint density at radius 2 is 1.50 bits per heavy atom.